The Labute approximate surface area is 175 Å². The highest BCUT2D eigenvalue weighted by Crippen LogP contribution is 2.35. The predicted molar refractivity (Wildman–Crippen MR) is 112 cm³/mol. The second kappa shape index (κ2) is 7.88. The van der Waals surface area contributed by atoms with Crippen LogP contribution in [0.25, 0.3) is 11.0 Å². The highest BCUT2D eigenvalue weighted by molar-refractivity contribution is 7.92. The number of hydrogen-bond donors (Lipinski definition) is 2. The van der Waals surface area contributed by atoms with E-state index in [0.29, 0.717) is 22.8 Å². The second-order valence-electron chi connectivity index (χ2n) is 6.50. The van der Waals surface area contributed by atoms with Crippen molar-refractivity contribution in [2.75, 3.05) is 10.0 Å². The van der Waals surface area contributed by atoms with E-state index < -0.39 is 26.7 Å². The molecule has 0 spiro atoms. The topological polar surface area (TPSA) is 84.0 Å². The fourth-order valence-electron chi connectivity index (χ4n) is 2.93. The molecule has 0 aliphatic rings. The molecule has 2 N–H and O–H groups in total. The maximum Gasteiger partial charge on any atom is 0.417 e. The number of para-hydroxylation sites is 3. The molecule has 1 heterocycles. The summed E-state index contributed by atoms with van der Waals surface area (Å²) in [5, 5.41) is 2.96. The smallest absolute Gasteiger partial charge is 0.337 e. The minimum atomic E-state index is -4.84. The van der Waals surface area contributed by atoms with Gasteiger partial charge in [0.2, 0.25) is 0 Å². The third-order valence-corrected chi connectivity index (χ3v) is 5.72. The Kier molecular flexibility index (Phi) is 5.24. The van der Waals surface area contributed by atoms with Crippen LogP contribution in [-0.2, 0) is 16.2 Å². The van der Waals surface area contributed by atoms with Crippen LogP contribution in [0.1, 0.15) is 5.56 Å². The molecule has 0 radical (unpaired) electrons. The van der Waals surface area contributed by atoms with Gasteiger partial charge in [-0.2, -0.15) is 13.2 Å². The molecule has 0 atom stereocenters. The summed E-state index contributed by atoms with van der Waals surface area (Å²) in [5.41, 5.74) is 0.194. The molecule has 0 amide bonds. The van der Waals surface area contributed by atoms with Gasteiger partial charge in [-0.3, -0.25) is 4.72 Å². The summed E-state index contributed by atoms with van der Waals surface area (Å²) in [6, 6.07) is 19.5. The summed E-state index contributed by atoms with van der Waals surface area (Å²) < 4.78 is 68.1. The van der Waals surface area contributed by atoms with Crippen molar-refractivity contribution in [3.8, 4) is 0 Å². The van der Waals surface area contributed by atoms with Gasteiger partial charge in [-0.1, -0.05) is 42.5 Å². The maximum atomic E-state index is 13.4. The predicted octanol–water partition coefficient (Wildman–Crippen LogP) is 5.19. The number of anilines is 3. The highest BCUT2D eigenvalue weighted by atomic mass is 32.2. The van der Waals surface area contributed by atoms with Crippen LogP contribution in [0.4, 0.5) is 30.5 Å². The van der Waals surface area contributed by atoms with Crippen molar-refractivity contribution in [2.45, 2.75) is 11.1 Å². The van der Waals surface area contributed by atoms with Crippen molar-refractivity contribution < 1.29 is 21.6 Å². The fourth-order valence-corrected chi connectivity index (χ4v) is 4.17. The summed E-state index contributed by atoms with van der Waals surface area (Å²) >= 11 is 0. The van der Waals surface area contributed by atoms with E-state index in [2.05, 4.69) is 20.0 Å². The Balaban J connectivity index is 1.81. The number of hydrogen-bond acceptors (Lipinski definition) is 5. The maximum absolute atomic E-state index is 13.4. The quantitative estimate of drug-likeness (QED) is 0.442. The normalized spacial score (nSPS) is 12.0. The van der Waals surface area contributed by atoms with Gasteiger partial charge in [-0.05, 0) is 36.4 Å². The Bertz CT molecular complexity index is 1340. The molecule has 4 rings (SSSR count). The molecule has 158 valence electrons. The zero-order valence-corrected chi connectivity index (χ0v) is 16.6. The molecule has 0 bridgehead atoms. The first-order valence-corrected chi connectivity index (χ1v) is 10.5. The van der Waals surface area contributed by atoms with Crippen LogP contribution in [0.2, 0.25) is 0 Å². The van der Waals surface area contributed by atoms with E-state index in [0.717, 1.165) is 12.1 Å². The summed E-state index contributed by atoms with van der Waals surface area (Å²) in [4.78, 5) is 7.77. The second-order valence-corrected chi connectivity index (χ2v) is 8.15. The molecular weight excluding hydrogens is 429 g/mol. The molecule has 10 heteroatoms. The Morgan fingerprint density at radius 1 is 0.710 bits per heavy atom. The number of nitrogens with zero attached hydrogens (tertiary/aromatic N) is 2. The van der Waals surface area contributed by atoms with Crippen molar-refractivity contribution in [3.05, 3.63) is 84.4 Å². The van der Waals surface area contributed by atoms with E-state index in [4.69, 9.17) is 0 Å². The van der Waals surface area contributed by atoms with E-state index in [1.807, 2.05) is 0 Å². The van der Waals surface area contributed by atoms with Crippen LogP contribution in [0.3, 0.4) is 0 Å². The standard InChI is InChI=1S/C21H15F3N4O2S/c22-21(23,24)15-10-4-7-13-18(15)31(29,30)28-20-19(25-14-8-2-1-3-9-14)26-16-11-5-6-12-17(16)27-20/h1-13H,(H,25,26)(H,27,28). The van der Waals surface area contributed by atoms with Gasteiger partial charge < -0.3 is 5.32 Å². The Morgan fingerprint density at radius 3 is 1.90 bits per heavy atom. The SMILES string of the molecule is O=S(=O)(Nc1nc2ccccc2nc1Nc1ccccc1)c1ccccc1C(F)(F)F. The van der Waals surface area contributed by atoms with Gasteiger partial charge in [0.15, 0.2) is 11.6 Å². The Hall–Kier alpha value is -3.66. The first-order chi connectivity index (χ1) is 14.7. The number of benzene rings is 3. The zero-order chi connectivity index (χ0) is 22.1. The third kappa shape index (κ3) is 4.43. The molecule has 31 heavy (non-hydrogen) atoms. The highest BCUT2D eigenvalue weighted by Gasteiger charge is 2.37. The molecule has 0 aliphatic carbocycles. The lowest BCUT2D eigenvalue weighted by Gasteiger charge is -2.16. The van der Waals surface area contributed by atoms with Crippen LogP contribution in [-0.4, -0.2) is 18.4 Å². The molecule has 0 saturated heterocycles. The molecule has 0 aliphatic heterocycles. The molecule has 1 aromatic heterocycles. The first kappa shape index (κ1) is 20.6. The van der Waals surface area contributed by atoms with Crippen LogP contribution < -0.4 is 10.0 Å². The van der Waals surface area contributed by atoms with Crippen LogP contribution in [0.15, 0.2) is 83.8 Å². The van der Waals surface area contributed by atoms with Gasteiger partial charge in [-0.15, -0.1) is 0 Å². The van der Waals surface area contributed by atoms with Crippen molar-refractivity contribution in [2.24, 2.45) is 0 Å². The van der Waals surface area contributed by atoms with E-state index in [1.54, 1.807) is 54.6 Å². The average Bonchev–Trinajstić information content (AvgIpc) is 2.74. The largest absolute Gasteiger partial charge is 0.417 e. The Morgan fingerprint density at radius 2 is 1.26 bits per heavy atom. The van der Waals surface area contributed by atoms with E-state index in [9.17, 15) is 21.6 Å². The molecule has 4 aromatic rings. The third-order valence-electron chi connectivity index (χ3n) is 4.32. The molecule has 0 saturated carbocycles. The molecule has 0 fully saturated rings. The fraction of sp³-hybridized carbons (Fsp3) is 0.0476. The van der Waals surface area contributed by atoms with Crippen LogP contribution in [0.5, 0.6) is 0 Å². The number of rotatable bonds is 5. The summed E-state index contributed by atoms with van der Waals surface area (Å²) in [6.45, 7) is 0. The minimum absolute atomic E-state index is 0.0537. The first-order valence-electron chi connectivity index (χ1n) is 9.02. The van der Waals surface area contributed by atoms with E-state index >= 15 is 0 Å². The van der Waals surface area contributed by atoms with E-state index in [-0.39, 0.29) is 11.6 Å². The number of fused-ring (bicyclic) bond motifs is 1. The van der Waals surface area contributed by atoms with Gasteiger partial charge in [-0.25, -0.2) is 18.4 Å². The van der Waals surface area contributed by atoms with Crippen LogP contribution in [0, 0.1) is 0 Å². The molecule has 0 unspecified atom stereocenters. The monoisotopic (exact) mass is 444 g/mol. The van der Waals surface area contributed by atoms with Crippen molar-refractivity contribution in [3.63, 3.8) is 0 Å². The molecule has 6 nitrogen and oxygen atoms in total. The number of alkyl halides is 3. The minimum Gasteiger partial charge on any atom is -0.337 e. The average molecular weight is 444 g/mol. The van der Waals surface area contributed by atoms with Crippen molar-refractivity contribution >= 4 is 38.4 Å². The number of aromatic nitrogens is 2. The zero-order valence-electron chi connectivity index (χ0n) is 15.8. The lowest BCUT2D eigenvalue weighted by atomic mass is 10.2. The number of sulfonamides is 1. The van der Waals surface area contributed by atoms with Crippen LogP contribution >= 0.6 is 0 Å². The molecule has 3 aromatic carbocycles. The van der Waals surface area contributed by atoms with Crippen molar-refractivity contribution in [1.82, 2.24) is 9.97 Å². The number of nitrogens with one attached hydrogen (secondary N) is 2. The van der Waals surface area contributed by atoms with Gasteiger partial charge in [0, 0.05) is 5.69 Å². The lowest BCUT2D eigenvalue weighted by Crippen LogP contribution is -2.20. The summed E-state index contributed by atoms with van der Waals surface area (Å²) in [5.74, 6) is -0.169. The molecular formula is C21H15F3N4O2S. The van der Waals surface area contributed by atoms with Gasteiger partial charge in [0.25, 0.3) is 10.0 Å². The lowest BCUT2D eigenvalue weighted by molar-refractivity contribution is -0.139. The van der Waals surface area contributed by atoms with E-state index in [1.165, 1.54) is 6.07 Å². The number of halogens is 3. The summed E-state index contributed by atoms with van der Waals surface area (Å²) in [6.07, 6.45) is -4.84. The van der Waals surface area contributed by atoms with Crippen molar-refractivity contribution in [1.29, 1.82) is 0 Å². The van der Waals surface area contributed by atoms with Gasteiger partial charge in [0.05, 0.1) is 21.5 Å². The van der Waals surface area contributed by atoms with Gasteiger partial charge >= 0.3 is 6.18 Å². The summed E-state index contributed by atoms with van der Waals surface area (Å²) in [7, 11) is -4.62. The van der Waals surface area contributed by atoms with Gasteiger partial charge in [0.1, 0.15) is 0 Å².